The van der Waals surface area contributed by atoms with Gasteiger partial charge in [-0.25, -0.2) is 14.6 Å². The molecule has 2 aliphatic rings. The Morgan fingerprint density at radius 3 is 2.52 bits per heavy atom. The molecule has 1 aromatic carbocycles. The van der Waals surface area contributed by atoms with E-state index >= 15 is 0 Å². The van der Waals surface area contributed by atoms with E-state index in [-0.39, 0.29) is 5.92 Å². The maximum Gasteiger partial charge on any atom is 0.225 e. The van der Waals surface area contributed by atoms with Gasteiger partial charge in [-0.15, -0.1) is 0 Å². The first-order chi connectivity index (χ1) is 15.1. The number of rotatable bonds is 4. The van der Waals surface area contributed by atoms with Crippen molar-refractivity contribution in [3.8, 4) is 5.69 Å². The molecule has 2 aromatic heterocycles. The number of hydrogen-bond donors (Lipinski definition) is 0. The SMILES string of the molecule is CCc1nc(N2CCN(C(=O)C3CCC3)CC2)c2c(C)nn(-c3ccccc3Cl)c2n1. The van der Waals surface area contributed by atoms with Gasteiger partial charge in [0.2, 0.25) is 5.91 Å². The number of carbonyl (C=O) groups excluding carboxylic acids is 1. The van der Waals surface area contributed by atoms with Crippen LogP contribution in [0.2, 0.25) is 5.02 Å². The van der Waals surface area contributed by atoms with E-state index in [1.165, 1.54) is 6.42 Å². The molecule has 5 rings (SSSR count). The van der Waals surface area contributed by atoms with E-state index in [2.05, 4.69) is 11.8 Å². The predicted molar refractivity (Wildman–Crippen MR) is 122 cm³/mol. The molecule has 1 aliphatic carbocycles. The molecule has 162 valence electrons. The summed E-state index contributed by atoms with van der Waals surface area (Å²) in [5, 5.41) is 6.36. The first-order valence-electron chi connectivity index (χ1n) is 11.1. The highest BCUT2D eigenvalue weighted by atomic mass is 35.5. The number of amides is 1. The Hall–Kier alpha value is -2.67. The number of carbonyl (C=O) groups is 1. The molecule has 1 saturated carbocycles. The minimum atomic E-state index is 0.250. The van der Waals surface area contributed by atoms with E-state index in [1.54, 1.807) is 0 Å². The van der Waals surface area contributed by atoms with Crippen LogP contribution in [0.1, 0.15) is 37.7 Å². The fourth-order valence-electron chi connectivity index (χ4n) is 4.44. The summed E-state index contributed by atoms with van der Waals surface area (Å²) in [5.41, 5.74) is 2.46. The number of aromatic nitrogens is 4. The van der Waals surface area contributed by atoms with E-state index in [4.69, 9.17) is 26.7 Å². The second-order valence-electron chi connectivity index (χ2n) is 8.40. The molecular formula is C23H27ClN6O. The molecule has 0 spiro atoms. The summed E-state index contributed by atoms with van der Waals surface area (Å²) in [5.74, 6) is 2.27. The van der Waals surface area contributed by atoms with Gasteiger partial charge >= 0.3 is 0 Å². The van der Waals surface area contributed by atoms with Crippen LogP contribution in [0.15, 0.2) is 24.3 Å². The Bertz CT molecular complexity index is 1130. The van der Waals surface area contributed by atoms with E-state index in [1.807, 2.05) is 40.8 Å². The first-order valence-corrected chi connectivity index (χ1v) is 11.5. The molecule has 7 nitrogen and oxygen atoms in total. The van der Waals surface area contributed by atoms with Gasteiger partial charge < -0.3 is 9.80 Å². The lowest BCUT2D eigenvalue weighted by Gasteiger charge is -2.38. The van der Waals surface area contributed by atoms with Gasteiger partial charge in [-0.2, -0.15) is 5.10 Å². The van der Waals surface area contributed by atoms with E-state index in [9.17, 15) is 4.79 Å². The monoisotopic (exact) mass is 438 g/mol. The van der Waals surface area contributed by atoms with Crippen LogP contribution in [-0.4, -0.2) is 56.7 Å². The number of aryl methyl sites for hydroxylation is 2. The lowest BCUT2D eigenvalue weighted by atomic mass is 9.84. The second kappa shape index (κ2) is 8.11. The van der Waals surface area contributed by atoms with E-state index in [0.29, 0.717) is 10.9 Å². The minimum absolute atomic E-state index is 0.250. The molecule has 1 amide bonds. The van der Waals surface area contributed by atoms with E-state index in [0.717, 1.165) is 79.5 Å². The van der Waals surface area contributed by atoms with Gasteiger partial charge in [0.15, 0.2) is 5.65 Å². The highest BCUT2D eigenvalue weighted by Gasteiger charge is 2.32. The summed E-state index contributed by atoms with van der Waals surface area (Å²) >= 11 is 6.47. The van der Waals surface area contributed by atoms with Crippen molar-refractivity contribution >= 4 is 34.4 Å². The largest absolute Gasteiger partial charge is 0.352 e. The molecule has 0 bridgehead atoms. The average molecular weight is 439 g/mol. The number of nitrogens with zero attached hydrogens (tertiary/aromatic N) is 6. The van der Waals surface area contributed by atoms with Crippen LogP contribution < -0.4 is 4.90 Å². The lowest BCUT2D eigenvalue weighted by molar-refractivity contribution is -0.138. The Morgan fingerprint density at radius 1 is 1.13 bits per heavy atom. The van der Waals surface area contributed by atoms with Crippen LogP contribution in [0.3, 0.4) is 0 Å². The smallest absolute Gasteiger partial charge is 0.225 e. The summed E-state index contributed by atoms with van der Waals surface area (Å²) in [7, 11) is 0. The zero-order valence-electron chi connectivity index (χ0n) is 18.0. The van der Waals surface area contributed by atoms with Gasteiger partial charge in [0.1, 0.15) is 11.6 Å². The van der Waals surface area contributed by atoms with Gasteiger partial charge in [-0.05, 0) is 31.9 Å². The minimum Gasteiger partial charge on any atom is -0.352 e. The zero-order valence-corrected chi connectivity index (χ0v) is 18.8. The van der Waals surface area contributed by atoms with Crippen LogP contribution in [0.4, 0.5) is 5.82 Å². The fraction of sp³-hybridized carbons (Fsp3) is 0.478. The third-order valence-electron chi connectivity index (χ3n) is 6.47. The van der Waals surface area contributed by atoms with Crippen molar-refractivity contribution < 1.29 is 4.79 Å². The average Bonchev–Trinajstić information content (AvgIpc) is 3.08. The number of piperazine rings is 1. The van der Waals surface area contributed by atoms with Crippen molar-refractivity contribution in [1.82, 2.24) is 24.6 Å². The number of fused-ring (bicyclic) bond motifs is 1. The van der Waals surface area contributed by atoms with Gasteiger partial charge in [0.25, 0.3) is 0 Å². The molecular weight excluding hydrogens is 412 g/mol. The number of para-hydroxylation sites is 1. The quantitative estimate of drug-likeness (QED) is 0.620. The molecule has 0 atom stereocenters. The van der Waals surface area contributed by atoms with Crippen molar-refractivity contribution in [2.75, 3.05) is 31.1 Å². The molecule has 0 N–H and O–H groups in total. The summed E-state index contributed by atoms with van der Waals surface area (Å²) in [6, 6.07) is 7.67. The number of halogens is 1. The Labute approximate surface area is 187 Å². The van der Waals surface area contributed by atoms with Crippen molar-refractivity contribution in [2.45, 2.75) is 39.5 Å². The molecule has 2 fully saturated rings. The number of benzene rings is 1. The fourth-order valence-corrected chi connectivity index (χ4v) is 4.65. The molecule has 0 radical (unpaired) electrons. The van der Waals surface area contributed by atoms with Gasteiger partial charge in [-0.3, -0.25) is 4.79 Å². The number of anilines is 1. The molecule has 0 unspecified atom stereocenters. The molecule has 3 aromatic rings. The summed E-state index contributed by atoms with van der Waals surface area (Å²) in [4.78, 5) is 26.6. The van der Waals surface area contributed by atoms with Gasteiger partial charge in [0, 0.05) is 38.5 Å². The van der Waals surface area contributed by atoms with Crippen LogP contribution >= 0.6 is 11.6 Å². The molecule has 1 saturated heterocycles. The Morgan fingerprint density at radius 2 is 1.87 bits per heavy atom. The van der Waals surface area contributed by atoms with Gasteiger partial charge in [0.05, 0.1) is 21.8 Å². The molecule has 3 heterocycles. The molecule has 31 heavy (non-hydrogen) atoms. The highest BCUT2D eigenvalue weighted by molar-refractivity contribution is 6.32. The Balaban J connectivity index is 1.51. The lowest BCUT2D eigenvalue weighted by Crippen LogP contribution is -2.51. The number of hydrogen-bond acceptors (Lipinski definition) is 5. The molecule has 8 heteroatoms. The second-order valence-corrected chi connectivity index (χ2v) is 8.81. The van der Waals surface area contributed by atoms with E-state index < -0.39 is 0 Å². The summed E-state index contributed by atoms with van der Waals surface area (Å²) in [6.45, 7) is 7.06. The topological polar surface area (TPSA) is 67.2 Å². The van der Waals surface area contributed by atoms with Crippen LogP contribution in [0.25, 0.3) is 16.7 Å². The first kappa shape index (κ1) is 20.2. The molecule has 1 aliphatic heterocycles. The van der Waals surface area contributed by atoms with Crippen molar-refractivity contribution in [2.24, 2.45) is 5.92 Å². The van der Waals surface area contributed by atoms with Crippen LogP contribution in [0.5, 0.6) is 0 Å². The van der Waals surface area contributed by atoms with Gasteiger partial charge in [-0.1, -0.05) is 37.1 Å². The third-order valence-corrected chi connectivity index (χ3v) is 6.79. The third kappa shape index (κ3) is 3.55. The maximum atomic E-state index is 12.6. The zero-order chi connectivity index (χ0) is 21.5. The normalized spacial score (nSPS) is 17.3. The van der Waals surface area contributed by atoms with Crippen molar-refractivity contribution in [3.05, 3.63) is 40.8 Å². The Kier molecular flexibility index (Phi) is 5.30. The van der Waals surface area contributed by atoms with Crippen LogP contribution in [-0.2, 0) is 11.2 Å². The van der Waals surface area contributed by atoms with Crippen molar-refractivity contribution in [1.29, 1.82) is 0 Å². The highest BCUT2D eigenvalue weighted by Crippen LogP contribution is 2.32. The predicted octanol–water partition coefficient (Wildman–Crippen LogP) is 3.79. The standard InChI is InChI=1S/C23H27ClN6O/c1-3-19-25-21(28-11-13-29(14-12-28)23(31)16-7-6-8-16)20-15(2)27-30(22(20)26-19)18-10-5-4-9-17(18)24/h4-5,9-10,16H,3,6-8,11-14H2,1-2H3. The maximum absolute atomic E-state index is 12.6. The summed E-state index contributed by atoms with van der Waals surface area (Å²) < 4.78 is 1.83. The summed E-state index contributed by atoms with van der Waals surface area (Å²) in [6.07, 6.45) is 4.01. The van der Waals surface area contributed by atoms with Crippen LogP contribution in [0, 0.1) is 12.8 Å². The van der Waals surface area contributed by atoms with Crippen molar-refractivity contribution in [3.63, 3.8) is 0 Å².